The number of hydrogen-bond donors (Lipinski definition) is 2. The third-order valence-electron chi connectivity index (χ3n) is 11.2. The van der Waals surface area contributed by atoms with Gasteiger partial charge < -0.3 is 19.9 Å². The minimum absolute atomic E-state index is 0.128. The van der Waals surface area contributed by atoms with Crippen molar-refractivity contribution in [2.45, 2.75) is 87.1 Å². The molecule has 6 atom stereocenters. The number of fused-ring (bicyclic) bond motifs is 2. The predicted octanol–water partition coefficient (Wildman–Crippen LogP) is 5.20. The number of allylic oxidation sites excluding steroid dienone is 1. The van der Waals surface area contributed by atoms with E-state index in [-0.39, 0.29) is 16.6 Å². The van der Waals surface area contributed by atoms with Crippen LogP contribution in [0.5, 0.6) is 0 Å². The Morgan fingerprint density at radius 3 is 2.89 bits per heavy atom. The van der Waals surface area contributed by atoms with Crippen molar-refractivity contribution in [3.63, 3.8) is 0 Å². The molecule has 194 valence electrons. The summed E-state index contributed by atoms with van der Waals surface area (Å²) < 4.78 is 12.7. The lowest BCUT2D eigenvalue weighted by Crippen LogP contribution is -2.59. The minimum Gasteiger partial charge on any atom is -0.384 e. The Kier molecular flexibility index (Phi) is 4.80. The van der Waals surface area contributed by atoms with E-state index in [0.29, 0.717) is 37.6 Å². The molecule has 3 aliphatic heterocycles. The summed E-state index contributed by atoms with van der Waals surface area (Å²) in [5, 5.41) is 16.7. The normalized spacial score (nSPS) is 41.3. The van der Waals surface area contributed by atoms with Gasteiger partial charge in [0.05, 0.1) is 24.4 Å². The van der Waals surface area contributed by atoms with Gasteiger partial charge in [0.25, 0.3) is 0 Å². The first-order valence-electron chi connectivity index (χ1n) is 14.4. The van der Waals surface area contributed by atoms with Gasteiger partial charge in [0.15, 0.2) is 0 Å². The molecule has 8 rings (SSSR count). The first-order chi connectivity index (χ1) is 17.9. The van der Waals surface area contributed by atoms with Gasteiger partial charge in [-0.1, -0.05) is 31.2 Å². The van der Waals surface area contributed by atoms with Gasteiger partial charge in [-0.3, -0.25) is 4.98 Å². The van der Waals surface area contributed by atoms with Crippen molar-refractivity contribution in [3.8, 4) is 0 Å². The highest BCUT2D eigenvalue weighted by Gasteiger charge is 2.66. The maximum absolute atomic E-state index is 10.5. The van der Waals surface area contributed by atoms with E-state index < -0.39 is 5.60 Å². The summed E-state index contributed by atoms with van der Waals surface area (Å²) >= 11 is 0. The number of hydrogen-bond acceptors (Lipinski definition) is 5. The fourth-order valence-electron chi connectivity index (χ4n) is 9.22. The lowest BCUT2D eigenvalue weighted by Gasteiger charge is -2.54. The van der Waals surface area contributed by atoms with Crippen molar-refractivity contribution < 1.29 is 14.6 Å². The second kappa shape index (κ2) is 7.75. The van der Waals surface area contributed by atoms with E-state index in [1.165, 1.54) is 40.3 Å². The highest BCUT2D eigenvalue weighted by atomic mass is 16.5. The van der Waals surface area contributed by atoms with Gasteiger partial charge in [0, 0.05) is 30.4 Å². The fourth-order valence-corrected chi connectivity index (χ4v) is 9.22. The zero-order chi connectivity index (χ0) is 24.9. The van der Waals surface area contributed by atoms with Crippen molar-refractivity contribution in [3.05, 3.63) is 65.5 Å². The van der Waals surface area contributed by atoms with Crippen molar-refractivity contribution in [1.29, 1.82) is 0 Å². The highest BCUT2D eigenvalue weighted by Crippen LogP contribution is 2.69. The molecule has 2 saturated carbocycles. The van der Waals surface area contributed by atoms with Crippen molar-refractivity contribution in [2.75, 3.05) is 19.8 Å². The van der Waals surface area contributed by atoms with Crippen molar-refractivity contribution >= 4 is 10.8 Å². The second-order valence-corrected chi connectivity index (χ2v) is 13.2. The molecule has 3 aliphatic carbocycles. The van der Waals surface area contributed by atoms with Crippen LogP contribution in [0.25, 0.3) is 10.8 Å². The lowest BCUT2D eigenvalue weighted by molar-refractivity contribution is -0.177. The smallest absolute Gasteiger partial charge is 0.123 e. The van der Waals surface area contributed by atoms with Crippen LogP contribution in [0.15, 0.2) is 60.0 Å². The van der Waals surface area contributed by atoms with Gasteiger partial charge in [-0.2, -0.15) is 0 Å². The summed E-state index contributed by atoms with van der Waals surface area (Å²) in [5.41, 5.74) is 3.73. The predicted molar refractivity (Wildman–Crippen MR) is 143 cm³/mol. The minimum atomic E-state index is -0.684. The molecule has 2 saturated heterocycles. The number of rotatable bonds is 4. The van der Waals surface area contributed by atoms with E-state index in [1.807, 2.05) is 12.4 Å². The second-order valence-electron chi connectivity index (χ2n) is 13.2. The first kappa shape index (κ1) is 22.9. The van der Waals surface area contributed by atoms with Gasteiger partial charge in [0.1, 0.15) is 5.60 Å². The molecule has 5 nitrogen and oxygen atoms in total. The number of ether oxygens (including phenoxy) is 2. The standard InChI is InChI=1S/C32H38N2O3/c1-29-10-8-25-15-24-4-5-26(34-18-30(35)19-36-20-30)16-31(24)11-12-32(25,37-31)28(29)7-6-27(29)22-3-2-21-9-13-33-17-23(21)14-22/h2-3,8-9,13-15,17,26-28,34-35H,4-7,10-12,16,18-20H2,1H3/t26?,27?,28-,29?,31-,32-/m1/s1. The molecular formula is C32H38N2O3. The molecule has 1 aromatic carbocycles. The summed E-state index contributed by atoms with van der Waals surface area (Å²) in [6.07, 6.45) is 18.1. The van der Waals surface area contributed by atoms with Gasteiger partial charge in [0.2, 0.25) is 0 Å². The summed E-state index contributed by atoms with van der Waals surface area (Å²) in [6, 6.07) is 9.54. The van der Waals surface area contributed by atoms with Crippen LogP contribution >= 0.6 is 0 Å². The topological polar surface area (TPSA) is 63.6 Å². The zero-order valence-electron chi connectivity index (χ0n) is 21.8. The zero-order valence-corrected chi connectivity index (χ0v) is 21.8. The Morgan fingerprint density at radius 1 is 1.11 bits per heavy atom. The molecule has 3 unspecified atom stereocenters. The van der Waals surface area contributed by atoms with Crippen LogP contribution < -0.4 is 5.32 Å². The van der Waals surface area contributed by atoms with E-state index in [1.54, 1.807) is 0 Å². The Labute approximate surface area is 219 Å². The van der Waals surface area contributed by atoms with Gasteiger partial charge >= 0.3 is 0 Å². The van der Waals surface area contributed by atoms with Crippen LogP contribution in [0.3, 0.4) is 0 Å². The third kappa shape index (κ3) is 3.21. The Bertz CT molecular complexity index is 1330. The third-order valence-corrected chi connectivity index (χ3v) is 11.2. The number of pyridine rings is 1. The quantitative estimate of drug-likeness (QED) is 0.607. The van der Waals surface area contributed by atoms with E-state index in [0.717, 1.165) is 38.5 Å². The van der Waals surface area contributed by atoms with Crippen LogP contribution in [0, 0.1) is 11.3 Å². The molecule has 2 N–H and O–H groups in total. The van der Waals surface area contributed by atoms with Crippen molar-refractivity contribution in [2.24, 2.45) is 11.3 Å². The molecular weight excluding hydrogens is 460 g/mol. The Hall–Kier alpha value is -2.05. The van der Waals surface area contributed by atoms with Crippen LogP contribution in [0.4, 0.5) is 0 Å². The molecule has 4 fully saturated rings. The van der Waals surface area contributed by atoms with Gasteiger partial charge in [-0.25, -0.2) is 0 Å². The number of benzene rings is 1. The van der Waals surface area contributed by atoms with E-state index in [9.17, 15) is 5.11 Å². The van der Waals surface area contributed by atoms with E-state index in [2.05, 4.69) is 53.6 Å². The largest absolute Gasteiger partial charge is 0.384 e. The summed E-state index contributed by atoms with van der Waals surface area (Å²) in [6.45, 7) is 4.07. The monoisotopic (exact) mass is 498 g/mol. The fraction of sp³-hybridized carbons (Fsp3) is 0.594. The highest BCUT2D eigenvalue weighted by molar-refractivity contribution is 5.82. The average molecular weight is 499 g/mol. The lowest BCUT2D eigenvalue weighted by atomic mass is 9.58. The number of aliphatic hydroxyl groups is 1. The molecule has 5 heteroatoms. The van der Waals surface area contributed by atoms with Crippen LogP contribution in [0.1, 0.15) is 69.8 Å². The van der Waals surface area contributed by atoms with Gasteiger partial charge in [-0.05, 0) is 103 Å². The molecule has 6 aliphatic rings. The molecule has 37 heavy (non-hydrogen) atoms. The molecule has 0 radical (unpaired) electrons. The Balaban J connectivity index is 1.09. The molecule has 2 spiro atoms. The molecule has 4 heterocycles. The SMILES string of the molecule is CC12CC=C3C=C4CCC(NCC5(O)COC5)C[C@]45CC[C@]3(O5)[C@@H]1CCC2c1ccc2ccncc2c1. The number of aromatic nitrogens is 1. The van der Waals surface area contributed by atoms with E-state index in [4.69, 9.17) is 9.47 Å². The molecule has 0 amide bonds. The maximum Gasteiger partial charge on any atom is 0.123 e. The maximum atomic E-state index is 10.5. The van der Waals surface area contributed by atoms with Crippen LogP contribution in [-0.2, 0) is 9.47 Å². The van der Waals surface area contributed by atoms with Crippen LogP contribution in [-0.4, -0.2) is 52.7 Å². The number of nitrogens with one attached hydrogen (secondary N) is 1. The molecule has 2 bridgehead atoms. The average Bonchev–Trinajstić information content (AvgIpc) is 3.41. The van der Waals surface area contributed by atoms with Crippen LogP contribution in [0.2, 0.25) is 0 Å². The first-order valence-corrected chi connectivity index (χ1v) is 14.4. The molecule has 2 aromatic rings. The summed E-state index contributed by atoms with van der Waals surface area (Å²) in [5.74, 6) is 1.10. The van der Waals surface area contributed by atoms with Gasteiger partial charge in [-0.15, -0.1) is 0 Å². The Morgan fingerprint density at radius 2 is 2.03 bits per heavy atom. The molecule has 1 aromatic heterocycles. The summed E-state index contributed by atoms with van der Waals surface area (Å²) in [7, 11) is 0. The summed E-state index contributed by atoms with van der Waals surface area (Å²) in [4.78, 5) is 4.38. The van der Waals surface area contributed by atoms with Crippen molar-refractivity contribution in [1.82, 2.24) is 10.3 Å². The number of nitrogens with zero attached hydrogens (tertiary/aromatic N) is 1. The van der Waals surface area contributed by atoms with E-state index >= 15 is 0 Å².